The SMILES string of the molecule is CCCc1nc(-c2ccc(OC)c(C)c2)c(CCN)s1. The first-order valence-corrected chi connectivity index (χ1v) is 7.84. The van der Waals surface area contributed by atoms with Gasteiger partial charge in [-0.3, -0.25) is 0 Å². The number of aryl methyl sites for hydroxylation is 2. The maximum atomic E-state index is 5.73. The Morgan fingerprint density at radius 1 is 1.30 bits per heavy atom. The molecule has 0 amide bonds. The maximum absolute atomic E-state index is 5.73. The van der Waals surface area contributed by atoms with E-state index >= 15 is 0 Å². The van der Waals surface area contributed by atoms with Crippen LogP contribution < -0.4 is 10.5 Å². The molecule has 2 rings (SSSR count). The summed E-state index contributed by atoms with van der Waals surface area (Å²) in [5.74, 6) is 0.915. The number of nitrogens with zero attached hydrogens (tertiary/aromatic N) is 1. The lowest BCUT2D eigenvalue weighted by molar-refractivity contribution is 0.412. The van der Waals surface area contributed by atoms with Crippen LogP contribution >= 0.6 is 11.3 Å². The fourth-order valence-electron chi connectivity index (χ4n) is 2.27. The Morgan fingerprint density at radius 2 is 2.10 bits per heavy atom. The van der Waals surface area contributed by atoms with Crippen LogP contribution in [0, 0.1) is 6.92 Å². The van der Waals surface area contributed by atoms with Crippen molar-refractivity contribution in [1.82, 2.24) is 4.98 Å². The Morgan fingerprint density at radius 3 is 2.70 bits per heavy atom. The summed E-state index contributed by atoms with van der Waals surface area (Å²) < 4.78 is 5.32. The molecule has 0 aliphatic carbocycles. The summed E-state index contributed by atoms with van der Waals surface area (Å²) in [6, 6.07) is 6.23. The minimum atomic E-state index is 0.663. The second-order valence-electron chi connectivity index (χ2n) is 4.85. The van der Waals surface area contributed by atoms with Gasteiger partial charge in [0.25, 0.3) is 0 Å². The van der Waals surface area contributed by atoms with E-state index in [-0.39, 0.29) is 0 Å². The largest absolute Gasteiger partial charge is 0.496 e. The number of benzene rings is 1. The molecule has 0 unspecified atom stereocenters. The lowest BCUT2D eigenvalue weighted by Gasteiger charge is -2.07. The zero-order valence-corrected chi connectivity index (χ0v) is 13.2. The van der Waals surface area contributed by atoms with Crippen LogP contribution in [0.4, 0.5) is 0 Å². The van der Waals surface area contributed by atoms with E-state index < -0.39 is 0 Å². The molecule has 4 heteroatoms. The molecule has 0 aliphatic rings. The normalized spacial score (nSPS) is 10.8. The highest BCUT2D eigenvalue weighted by Crippen LogP contribution is 2.32. The van der Waals surface area contributed by atoms with Crippen molar-refractivity contribution in [2.24, 2.45) is 5.73 Å². The Bertz CT molecular complexity index is 578. The van der Waals surface area contributed by atoms with Gasteiger partial charge in [-0.1, -0.05) is 6.92 Å². The third kappa shape index (κ3) is 3.19. The molecule has 0 bridgehead atoms. The number of methoxy groups -OCH3 is 1. The number of thiazole rings is 1. The number of hydrogen-bond acceptors (Lipinski definition) is 4. The molecule has 1 aromatic carbocycles. The Hall–Kier alpha value is -1.39. The van der Waals surface area contributed by atoms with Gasteiger partial charge in [-0.15, -0.1) is 11.3 Å². The molecule has 0 saturated heterocycles. The van der Waals surface area contributed by atoms with Gasteiger partial charge in [0.2, 0.25) is 0 Å². The lowest BCUT2D eigenvalue weighted by atomic mass is 10.1. The second-order valence-corrected chi connectivity index (χ2v) is 6.02. The molecule has 0 fully saturated rings. The molecular formula is C16H22N2OS. The molecular weight excluding hydrogens is 268 g/mol. The second kappa shape index (κ2) is 6.86. The average molecular weight is 290 g/mol. The van der Waals surface area contributed by atoms with Gasteiger partial charge < -0.3 is 10.5 Å². The van der Waals surface area contributed by atoms with E-state index in [2.05, 4.69) is 26.0 Å². The number of rotatable bonds is 6. The van der Waals surface area contributed by atoms with E-state index in [0.29, 0.717) is 6.54 Å². The third-order valence-electron chi connectivity index (χ3n) is 3.25. The number of hydrogen-bond donors (Lipinski definition) is 1. The fraction of sp³-hybridized carbons (Fsp3) is 0.438. The molecule has 0 aliphatic heterocycles. The molecule has 108 valence electrons. The summed E-state index contributed by atoms with van der Waals surface area (Å²) in [6.45, 7) is 4.90. The van der Waals surface area contributed by atoms with Crippen molar-refractivity contribution >= 4 is 11.3 Å². The van der Waals surface area contributed by atoms with Gasteiger partial charge >= 0.3 is 0 Å². The van der Waals surface area contributed by atoms with E-state index in [1.807, 2.05) is 6.07 Å². The third-order valence-corrected chi connectivity index (χ3v) is 4.42. The van der Waals surface area contributed by atoms with Crippen molar-refractivity contribution in [3.05, 3.63) is 33.6 Å². The van der Waals surface area contributed by atoms with Crippen molar-refractivity contribution in [1.29, 1.82) is 0 Å². The van der Waals surface area contributed by atoms with Crippen LogP contribution in [-0.4, -0.2) is 18.6 Å². The van der Waals surface area contributed by atoms with Crippen LogP contribution in [-0.2, 0) is 12.8 Å². The minimum Gasteiger partial charge on any atom is -0.496 e. The summed E-state index contributed by atoms with van der Waals surface area (Å²) in [5.41, 5.74) is 9.11. The first-order valence-electron chi connectivity index (χ1n) is 7.03. The zero-order valence-electron chi connectivity index (χ0n) is 12.4. The van der Waals surface area contributed by atoms with Crippen LogP contribution in [0.5, 0.6) is 5.75 Å². The van der Waals surface area contributed by atoms with Crippen LogP contribution in [0.2, 0.25) is 0 Å². The molecule has 1 aromatic heterocycles. The number of ether oxygens (including phenoxy) is 1. The molecule has 0 radical (unpaired) electrons. The Kier molecular flexibility index (Phi) is 5.15. The van der Waals surface area contributed by atoms with Crippen LogP contribution in [0.1, 0.15) is 28.8 Å². The smallest absolute Gasteiger partial charge is 0.121 e. The van der Waals surface area contributed by atoms with Gasteiger partial charge in [0, 0.05) is 10.4 Å². The Labute approximate surface area is 124 Å². The predicted molar refractivity (Wildman–Crippen MR) is 85.6 cm³/mol. The molecule has 0 spiro atoms. The number of nitrogens with two attached hydrogens (primary N) is 1. The molecule has 0 saturated carbocycles. The summed E-state index contributed by atoms with van der Waals surface area (Å²) in [7, 11) is 1.70. The molecule has 1 heterocycles. The summed E-state index contributed by atoms with van der Waals surface area (Å²) in [6.07, 6.45) is 3.05. The first-order chi connectivity index (χ1) is 9.69. The van der Waals surface area contributed by atoms with Gasteiger partial charge in [-0.25, -0.2) is 4.98 Å². The highest BCUT2D eigenvalue weighted by atomic mass is 32.1. The highest BCUT2D eigenvalue weighted by molar-refractivity contribution is 7.12. The molecule has 2 N–H and O–H groups in total. The van der Waals surface area contributed by atoms with E-state index in [9.17, 15) is 0 Å². The Balaban J connectivity index is 2.41. The average Bonchev–Trinajstić information content (AvgIpc) is 2.82. The first kappa shape index (κ1) is 15.0. The van der Waals surface area contributed by atoms with Gasteiger partial charge in [-0.05, 0) is 56.5 Å². The standard InChI is InChI=1S/C16H22N2OS/c1-4-5-15-18-16(14(20-15)8-9-17)12-6-7-13(19-3)11(2)10-12/h6-7,10H,4-5,8-9,17H2,1-3H3. The van der Waals surface area contributed by atoms with Gasteiger partial charge in [0.05, 0.1) is 17.8 Å². The van der Waals surface area contributed by atoms with E-state index in [0.717, 1.165) is 41.8 Å². The summed E-state index contributed by atoms with van der Waals surface area (Å²) in [5, 5.41) is 1.21. The highest BCUT2D eigenvalue weighted by Gasteiger charge is 2.13. The van der Waals surface area contributed by atoms with Crippen molar-refractivity contribution in [3.63, 3.8) is 0 Å². The van der Waals surface area contributed by atoms with Crippen LogP contribution in [0.15, 0.2) is 18.2 Å². The van der Waals surface area contributed by atoms with E-state index in [1.165, 1.54) is 9.88 Å². The topological polar surface area (TPSA) is 48.1 Å². The molecule has 0 atom stereocenters. The lowest BCUT2D eigenvalue weighted by Crippen LogP contribution is -2.02. The van der Waals surface area contributed by atoms with Crippen LogP contribution in [0.3, 0.4) is 0 Å². The summed E-state index contributed by atoms with van der Waals surface area (Å²) >= 11 is 1.80. The van der Waals surface area contributed by atoms with Gasteiger partial charge in [0.1, 0.15) is 5.75 Å². The quantitative estimate of drug-likeness (QED) is 0.884. The van der Waals surface area contributed by atoms with E-state index in [4.69, 9.17) is 15.5 Å². The zero-order chi connectivity index (χ0) is 14.5. The predicted octanol–water partition coefficient (Wildman–Crippen LogP) is 3.58. The molecule has 3 nitrogen and oxygen atoms in total. The van der Waals surface area contributed by atoms with Gasteiger partial charge in [-0.2, -0.15) is 0 Å². The fourth-order valence-corrected chi connectivity index (χ4v) is 3.48. The van der Waals surface area contributed by atoms with Crippen molar-refractivity contribution in [2.75, 3.05) is 13.7 Å². The number of aromatic nitrogens is 1. The van der Waals surface area contributed by atoms with E-state index in [1.54, 1.807) is 18.4 Å². The van der Waals surface area contributed by atoms with Crippen molar-refractivity contribution < 1.29 is 4.74 Å². The molecule has 2 aromatic rings. The van der Waals surface area contributed by atoms with Crippen molar-refractivity contribution in [2.45, 2.75) is 33.1 Å². The van der Waals surface area contributed by atoms with Crippen molar-refractivity contribution in [3.8, 4) is 17.0 Å². The molecule has 20 heavy (non-hydrogen) atoms. The maximum Gasteiger partial charge on any atom is 0.121 e. The van der Waals surface area contributed by atoms with Gasteiger partial charge in [0.15, 0.2) is 0 Å². The monoisotopic (exact) mass is 290 g/mol. The minimum absolute atomic E-state index is 0.663. The summed E-state index contributed by atoms with van der Waals surface area (Å²) in [4.78, 5) is 6.10. The van der Waals surface area contributed by atoms with Crippen LogP contribution in [0.25, 0.3) is 11.3 Å².